The molecule has 0 spiro atoms. The number of nitro groups is 1. The second kappa shape index (κ2) is 9.15. The summed E-state index contributed by atoms with van der Waals surface area (Å²) in [6, 6.07) is 4.75. The molecule has 0 unspecified atom stereocenters. The number of nitrogens with one attached hydrogen (secondary N) is 2. The standard InChI is InChI=1S/C13H20N4O6S/c14-10(9-15-13(18)19)5-3-4-8-16-24(22,23)12-7-2-1-6-11(12)17(20)21/h1-2,6-7,10,15-16H,3-5,8-9,14H2,(H,18,19)/t10-/m0/s1. The van der Waals surface area contributed by atoms with Gasteiger partial charge in [0.1, 0.15) is 0 Å². The van der Waals surface area contributed by atoms with Gasteiger partial charge < -0.3 is 16.2 Å². The molecule has 5 N–H and O–H groups in total. The van der Waals surface area contributed by atoms with Gasteiger partial charge in [-0.05, 0) is 18.9 Å². The van der Waals surface area contributed by atoms with Gasteiger partial charge in [-0.3, -0.25) is 10.1 Å². The fourth-order valence-corrected chi connectivity index (χ4v) is 3.22. The molecule has 0 aromatic heterocycles. The van der Waals surface area contributed by atoms with Crippen LogP contribution in [0.2, 0.25) is 0 Å². The van der Waals surface area contributed by atoms with E-state index in [0.717, 1.165) is 6.07 Å². The first-order valence-corrected chi connectivity index (χ1v) is 8.68. The van der Waals surface area contributed by atoms with Crippen LogP contribution in [0.4, 0.5) is 10.5 Å². The van der Waals surface area contributed by atoms with Crippen molar-refractivity contribution in [2.24, 2.45) is 5.73 Å². The van der Waals surface area contributed by atoms with Crippen LogP contribution in [0.1, 0.15) is 19.3 Å². The molecule has 1 amide bonds. The average Bonchev–Trinajstić information content (AvgIpc) is 2.52. The van der Waals surface area contributed by atoms with Crippen LogP contribution in [0.5, 0.6) is 0 Å². The Labute approximate surface area is 139 Å². The van der Waals surface area contributed by atoms with E-state index in [0.29, 0.717) is 19.3 Å². The molecule has 0 aliphatic rings. The number of nitrogens with zero attached hydrogens (tertiary/aromatic N) is 1. The maximum Gasteiger partial charge on any atom is 0.404 e. The van der Waals surface area contributed by atoms with Crippen LogP contribution in [0.25, 0.3) is 0 Å². The molecular weight excluding hydrogens is 340 g/mol. The zero-order chi connectivity index (χ0) is 18.2. The van der Waals surface area contributed by atoms with E-state index >= 15 is 0 Å². The number of hydrogen-bond acceptors (Lipinski definition) is 6. The Balaban J connectivity index is 2.45. The van der Waals surface area contributed by atoms with Crippen LogP contribution in [0.15, 0.2) is 29.2 Å². The van der Waals surface area contributed by atoms with E-state index < -0.39 is 26.7 Å². The summed E-state index contributed by atoms with van der Waals surface area (Å²) in [5, 5.41) is 21.5. The van der Waals surface area contributed by atoms with Gasteiger partial charge in [0, 0.05) is 25.2 Å². The molecule has 0 bridgehead atoms. The van der Waals surface area contributed by atoms with Crippen LogP contribution in [-0.4, -0.2) is 43.7 Å². The topological polar surface area (TPSA) is 165 Å². The van der Waals surface area contributed by atoms with Crippen molar-refractivity contribution >= 4 is 21.8 Å². The smallest absolute Gasteiger partial charge is 0.404 e. The summed E-state index contributed by atoms with van der Waals surface area (Å²) >= 11 is 0. The normalized spacial score (nSPS) is 12.5. The molecule has 11 heteroatoms. The van der Waals surface area contributed by atoms with Crippen molar-refractivity contribution < 1.29 is 23.2 Å². The number of amides is 1. The summed E-state index contributed by atoms with van der Waals surface area (Å²) < 4.78 is 26.5. The number of rotatable bonds is 10. The maximum atomic E-state index is 12.1. The lowest BCUT2D eigenvalue weighted by molar-refractivity contribution is -0.387. The molecule has 24 heavy (non-hydrogen) atoms. The highest BCUT2D eigenvalue weighted by molar-refractivity contribution is 7.89. The zero-order valence-corrected chi connectivity index (χ0v) is 13.7. The summed E-state index contributed by atoms with van der Waals surface area (Å²) in [4.78, 5) is 20.1. The number of hydrogen-bond donors (Lipinski definition) is 4. The Morgan fingerprint density at radius 3 is 2.62 bits per heavy atom. The molecule has 0 heterocycles. The molecule has 134 valence electrons. The number of para-hydroxylation sites is 1. The number of carboxylic acid groups (broad SMARTS) is 1. The van der Waals surface area contributed by atoms with Gasteiger partial charge in [-0.15, -0.1) is 0 Å². The molecule has 1 aromatic rings. The maximum absolute atomic E-state index is 12.1. The molecule has 1 rings (SSSR count). The van der Waals surface area contributed by atoms with Gasteiger partial charge in [-0.25, -0.2) is 17.9 Å². The zero-order valence-electron chi connectivity index (χ0n) is 12.8. The van der Waals surface area contributed by atoms with Crippen molar-refractivity contribution in [3.8, 4) is 0 Å². The van der Waals surface area contributed by atoms with E-state index in [1.807, 2.05) is 0 Å². The van der Waals surface area contributed by atoms with Crippen LogP contribution < -0.4 is 15.8 Å². The molecular formula is C13H20N4O6S. The summed E-state index contributed by atoms with van der Waals surface area (Å²) in [7, 11) is -3.97. The highest BCUT2D eigenvalue weighted by atomic mass is 32.2. The van der Waals surface area contributed by atoms with Gasteiger partial charge in [-0.2, -0.15) is 0 Å². The molecule has 0 aliphatic heterocycles. The van der Waals surface area contributed by atoms with Gasteiger partial charge >= 0.3 is 6.09 Å². The Hall–Kier alpha value is -2.24. The molecule has 1 atom stereocenters. The van der Waals surface area contributed by atoms with Crippen LogP contribution >= 0.6 is 0 Å². The van der Waals surface area contributed by atoms with Crippen molar-refractivity contribution in [3.63, 3.8) is 0 Å². The van der Waals surface area contributed by atoms with Gasteiger partial charge in [0.25, 0.3) is 5.69 Å². The lowest BCUT2D eigenvalue weighted by atomic mass is 10.1. The van der Waals surface area contributed by atoms with Crippen LogP contribution in [-0.2, 0) is 10.0 Å². The Morgan fingerprint density at radius 2 is 2.00 bits per heavy atom. The van der Waals surface area contributed by atoms with Gasteiger partial charge in [0.05, 0.1) is 4.92 Å². The van der Waals surface area contributed by atoms with Crippen LogP contribution in [0, 0.1) is 10.1 Å². The van der Waals surface area contributed by atoms with Crippen LogP contribution in [0.3, 0.4) is 0 Å². The van der Waals surface area contributed by atoms with Crippen molar-refractivity contribution in [3.05, 3.63) is 34.4 Å². The number of sulfonamides is 1. The first-order valence-electron chi connectivity index (χ1n) is 7.19. The summed E-state index contributed by atoms with van der Waals surface area (Å²) in [5.74, 6) is 0. The third-order valence-electron chi connectivity index (χ3n) is 3.16. The third kappa shape index (κ3) is 6.48. The van der Waals surface area contributed by atoms with Crippen molar-refractivity contribution in [2.45, 2.75) is 30.2 Å². The van der Waals surface area contributed by atoms with Crippen molar-refractivity contribution in [1.82, 2.24) is 10.0 Å². The molecule has 0 saturated heterocycles. The Morgan fingerprint density at radius 1 is 1.33 bits per heavy atom. The number of carbonyl (C=O) groups is 1. The minimum Gasteiger partial charge on any atom is -0.465 e. The first kappa shape index (κ1) is 19.8. The van der Waals surface area contributed by atoms with E-state index in [2.05, 4.69) is 10.0 Å². The van der Waals surface area contributed by atoms with Gasteiger partial charge in [0.2, 0.25) is 10.0 Å². The number of unbranched alkanes of at least 4 members (excludes halogenated alkanes) is 1. The monoisotopic (exact) mass is 360 g/mol. The Kier molecular flexibility index (Phi) is 7.55. The van der Waals surface area contributed by atoms with Crippen molar-refractivity contribution in [1.29, 1.82) is 0 Å². The summed E-state index contributed by atoms with van der Waals surface area (Å²) in [6.45, 7) is 0.227. The SMILES string of the molecule is N[C@@H](CCCCNS(=O)(=O)c1ccccc1[N+](=O)[O-])CNC(=O)O. The highest BCUT2D eigenvalue weighted by Crippen LogP contribution is 2.22. The third-order valence-corrected chi connectivity index (χ3v) is 4.67. The number of nitro benzene ring substituents is 1. The first-order chi connectivity index (χ1) is 11.2. The lowest BCUT2D eigenvalue weighted by Gasteiger charge is -2.11. The van der Waals surface area contributed by atoms with E-state index in [4.69, 9.17) is 10.8 Å². The minimum atomic E-state index is -3.97. The molecule has 0 radical (unpaired) electrons. The predicted octanol–water partition coefficient (Wildman–Crippen LogP) is 0.638. The second-order valence-corrected chi connectivity index (χ2v) is 6.80. The quantitative estimate of drug-likeness (QED) is 0.270. The number of benzene rings is 1. The molecule has 0 aliphatic carbocycles. The van der Waals surface area contributed by atoms with Gasteiger partial charge in [0.15, 0.2) is 4.90 Å². The molecule has 1 aromatic carbocycles. The molecule has 10 nitrogen and oxygen atoms in total. The fraction of sp³-hybridized carbons (Fsp3) is 0.462. The highest BCUT2D eigenvalue weighted by Gasteiger charge is 2.24. The second-order valence-electron chi connectivity index (χ2n) is 5.06. The predicted molar refractivity (Wildman–Crippen MR) is 86.1 cm³/mol. The minimum absolute atomic E-state index is 0.105. The Bertz CT molecular complexity index is 679. The molecule has 0 saturated carbocycles. The van der Waals surface area contributed by atoms with E-state index in [1.54, 1.807) is 0 Å². The fourth-order valence-electron chi connectivity index (χ4n) is 1.97. The van der Waals surface area contributed by atoms with Gasteiger partial charge in [-0.1, -0.05) is 18.6 Å². The average molecular weight is 360 g/mol. The van der Waals surface area contributed by atoms with E-state index in [1.165, 1.54) is 18.2 Å². The van der Waals surface area contributed by atoms with Crippen molar-refractivity contribution in [2.75, 3.05) is 13.1 Å². The largest absolute Gasteiger partial charge is 0.465 e. The number of nitrogens with two attached hydrogens (primary N) is 1. The summed E-state index contributed by atoms with van der Waals surface area (Å²) in [6.07, 6.45) is 0.429. The lowest BCUT2D eigenvalue weighted by Crippen LogP contribution is -2.36. The van der Waals surface area contributed by atoms with E-state index in [9.17, 15) is 23.3 Å². The van der Waals surface area contributed by atoms with E-state index in [-0.39, 0.29) is 24.0 Å². The summed E-state index contributed by atoms with van der Waals surface area (Å²) in [5.41, 5.74) is 5.21. The molecule has 0 fully saturated rings.